The lowest BCUT2D eigenvalue weighted by Gasteiger charge is -2.43. The summed E-state index contributed by atoms with van der Waals surface area (Å²) >= 11 is 0. The molecule has 1 saturated heterocycles. The van der Waals surface area contributed by atoms with E-state index in [2.05, 4.69) is 0 Å². The Bertz CT molecular complexity index is 1440. The van der Waals surface area contributed by atoms with E-state index < -0.39 is 26.1 Å². The van der Waals surface area contributed by atoms with Gasteiger partial charge < -0.3 is 0 Å². The van der Waals surface area contributed by atoms with E-state index in [0.29, 0.717) is 11.3 Å². The van der Waals surface area contributed by atoms with E-state index in [9.17, 15) is 16.8 Å². The van der Waals surface area contributed by atoms with Crippen molar-refractivity contribution < 1.29 is 16.8 Å². The molecule has 3 aromatic carbocycles. The van der Waals surface area contributed by atoms with Crippen molar-refractivity contribution in [1.29, 1.82) is 0 Å². The van der Waals surface area contributed by atoms with E-state index in [1.165, 1.54) is 8.61 Å². The Morgan fingerprint density at radius 1 is 0.686 bits per heavy atom. The third kappa shape index (κ3) is 4.78. The Morgan fingerprint density at radius 2 is 1.17 bits per heavy atom. The Balaban J connectivity index is 1.88. The molecule has 1 heterocycles. The highest BCUT2D eigenvalue weighted by Gasteiger charge is 2.44. The van der Waals surface area contributed by atoms with Crippen molar-refractivity contribution in [2.24, 2.45) is 0 Å². The largest absolute Gasteiger partial charge is 0.267 e. The van der Waals surface area contributed by atoms with Crippen LogP contribution in [0.5, 0.6) is 0 Å². The van der Waals surface area contributed by atoms with Gasteiger partial charge in [0.15, 0.2) is 0 Å². The minimum absolute atomic E-state index is 0.0190. The normalized spacial score (nSPS) is 17.4. The maximum absolute atomic E-state index is 13.8. The number of hydrogen-bond acceptors (Lipinski definition) is 4. The van der Waals surface area contributed by atoms with Gasteiger partial charge in [-0.3, -0.25) is 4.31 Å². The molecular weight excluding hydrogens is 480 g/mol. The van der Waals surface area contributed by atoms with E-state index in [0.717, 1.165) is 16.7 Å². The summed E-state index contributed by atoms with van der Waals surface area (Å²) in [5.74, 6) is 0. The lowest BCUT2D eigenvalue weighted by Crippen LogP contribution is -2.51. The molecule has 6 nitrogen and oxygen atoms in total. The van der Waals surface area contributed by atoms with Crippen LogP contribution in [0.4, 0.5) is 0 Å². The van der Waals surface area contributed by atoms with Gasteiger partial charge >= 0.3 is 0 Å². The molecule has 0 aromatic heterocycles. The molecule has 4 rings (SSSR count). The predicted octanol–water partition coefficient (Wildman–Crippen LogP) is 5.03. The summed E-state index contributed by atoms with van der Waals surface area (Å²) < 4.78 is 58.1. The van der Waals surface area contributed by atoms with Crippen LogP contribution in [0.3, 0.4) is 0 Å². The molecule has 0 radical (unpaired) electrons. The van der Waals surface area contributed by atoms with Crippen molar-refractivity contribution in [3.63, 3.8) is 0 Å². The standard InChI is InChI=1S/C27H30N2O4S2/c1-20(2)26-27(23-8-6-5-7-9-23)29(35(32,33)25-16-12-22(4)13-17-25)19-18-28(26)34(30,31)24-14-10-21(3)11-15-24/h5-17,27H,18-19H2,1-4H3. The SMILES string of the molecule is CC(C)=C1C(c2ccccc2)N(S(=O)(=O)c2ccc(C)cc2)CCN1S(=O)(=O)c1ccc(C)cc1. The lowest BCUT2D eigenvalue weighted by atomic mass is 9.99. The summed E-state index contributed by atoms with van der Waals surface area (Å²) in [6, 6.07) is 21.9. The first-order valence-corrected chi connectivity index (χ1v) is 14.3. The van der Waals surface area contributed by atoms with Crippen LogP contribution in [0, 0.1) is 13.8 Å². The van der Waals surface area contributed by atoms with Crippen LogP contribution in [0.1, 0.15) is 36.6 Å². The molecule has 1 aliphatic heterocycles. The van der Waals surface area contributed by atoms with Gasteiger partial charge in [0, 0.05) is 13.1 Å². The minimum atomic E-state index is -3.90. The monoisotopic (exact) mass is 510 g/mol. The molecule has 1 fully saturated rings. The zero-order chi connectivity index (χ0) is 25.4. The van der Waals surface area contributed by atoms with Crippen molar-refractivity contribution in [3.05, 3.63) is 107 Å². The topological polar surface area (TPSA) is 74.8 Å². The summed E-state index contributed by atoms with van der Waals surface area (Å²) in [7, 11) is -7.80. The van der Waals surface area contributed by atoms with Crippen molar-refractivity contribution >= 4 is 20.0 Å². The number of aryl methyl sites for hydroxylation is 2. The second kappa shape index (κ2) is 9.60. The van der Waals surface area contributed by atoms with Crippen molar-refractivity contribution in [1.82, 2.24) is 8.61 Å². The van der Waals surface area contributed by atoms with Gasteiger partial charge in [-0.2, -0.15) is 4.31 Å². The number of benzene rings is 3. The van der Waals surface area contributed by atoms with Crippen molar-refractivity contribution in [2.45, 2.75) is 43.5 Å². The number of hydrogen-bond donors (Lipinski definition) is 0. The number of piperazine rings is 1. The second-order valence-corrected chi connectivity index (χ2v) is 12.8. The molecule has 0 amide bonds. The maximum Gasteiger partial charge on any atom is 0.264 e. The Hall–Kier alpha value is -2.94. The fourth-order valence-corrected chi connectivity index (χ4v) is 7.56. The summed E-state index contributed by atoms with van der Waals surface area (Å²) in [4.78, 5) is 0.371. The molecule has 1 atom stereocenters. The molecule has 0 bridgehead atoms. The van der Waals surface area contributed by atoms with Crippen LogP contribution in [-0.2, 0) is 20.0 Å². The van der Waals surface area contributed by atoms with Gasteiger partial charge in [0.25, 0.3) is 10.0 Å². The first-order valence-electron chi connectivity index (χ1n) is 11.4. The quantitative estimate of drug-likeness (QED) is 0.482. The molecule has 0 spiro atoms. The number of rotatable bonds is 5. The van der Waals surface area contributed by atoms with Crippen molar-refractivity contribution in [3.8, 4) is 0 Å². The van der Waals surface area contributed by atoms with E-state index in [4.69, 9.17) is 0 Å². The van der Waals surface area contributed by atoms with Crippen molar-refractivity contribution in [2.75, 3.05) is 13.1 Å². The maximum atomic E-state index is 13.8. The summed E-state index contributed by atoms with van der Waals surface area (Å²) in [5.41, 5.74) is 3.82. The average Bonchev–Trinajstić information content (AvgIpc) is 2.84. The molecule has 35 heavy (non-hydrogen) atoms. The number of allylic oxidation sites excluding steroid dienone is 1. The Labute approximate surface area is 208 Å². The molecule has 1 unspecified atom stereocenters. The zero-order valence-corrected chi connectivity index (χ0v) is 22.0. The summed E-state index contributed by atoms with van der Waals surface area (Å²) in [6.45, 7) is 7.50. The highest BCUT2D eigenvalue weighted by atomic mass is 32.2. The third-order valence-electron chi connectivity index (χ3n) is 6.20. The lowest BCUT2D eigenvalue weighted by molar-refractivity contribution is 0.250. The first kappa shape index (κ1) is 25.2. The Morgan fingerprint density at radius 3 is 1.66 bits per heavy atom. The molecule has 0 aliphatic carbocycles. The molecule has 8 heteroatoms. The van der Waals surface area contributed by atoms with Gasteiger partial charge in [0.1, 0.15) is 0 Å². The fraction of sp³-hybridized carbons (Fsp3) is 0.259. The Kier molecular flexibility index (Phi) is 6.90. The van der Waals surface area contributed by atoms with Crippen LogP contribution >= 0.6 is 0 Å². The number of sulfonamides is 2. The molecule has 0 saturated carbocycles. The van der Waals surface area contributed by atoms with Gasteiger partial charge in [-0.25, -0.2) is 16.8 Å². The van der Waals surface area contributed by atoms with Crippen LogP contribution in [0.25, 0.3) is 0 Å². The average molecular weight is 511 g/mol. The van der Waals surface area contributed by atoms with Gasteiger partial charge in [0.05, 0.1) is 21.5 Å². The van der Waals surface area contributed by atoms with Gasteiger partial charge in [-0.1, -0.05) is 71.3 Å². The van der Waals surface area contributed by atoms with E-state index in [-0.39, 0.29) is 22.9 Å². The minimum Gasteiger partial charge on any atom is -0.267 e. The summed E-state index contributed by atoms with van der Waals surface area (Å²) in [6.07, 6.45) is 0. The highest BCUT2D eigenvalue weighted by Crippen LogP contribution is 2.41. The number of nitrogens with zero attached hydrogens (tertiary/aromatic N) is 2. The summed E-state index contributed by atoms with van der Waals surface area (Å²) in [5, 5.41) is 0. The van der Waals surface area contributed by atoms with E-state index in [1.807, 2.05) is 58.0 Å². The predicted molar refractivity (Wildman–Crippen MR) is 138 cm³/mol. The van der Waals surface area contributed by atoms with Crippen LogP contribution in [-0.4, -0.2) is 38.5 Å². The van der Waals surface area contributed by atoms with Crippen LogP contribution in [0.2, 0.25) is 0 Å². The van der Waals surface area contributed by atoms with Crippen LogP contribution < -0.4 is 0 Å². The zero-order valence-electron chi connectivity index (χ0n) is 20.3. The molecule has 0 N–H and O–H groups in total. The van der Waals surface area contributed by atoms with Gasteiger partial charge in [-0.15, -0.1) is 0 Å². The fourth-order valence-electron chi connectivity index (χ4n) is 4.39. The molecule has 3 aromatic rings. The van der Waals surface area contributed by atoms with E-state index in [1.54, 1.807) is 48.5 Å². The second-order valence-electron chi connectivity index (χ2n) is 9.02. The van der Waals surface area contributed by atoms with Gasteiger partial charge in [0.2, 0.25) is 10.0 Å². The molecular formula is C27H30N2O4S2. The van der Waals surface area contributed by atoms with E-state index >= 15 is 0 Å². The van der Waals surface area contributed by atoms with Crippen LogP contribution in [0.15, 0.2) is 99.9 Å². The molecule has 184 valence electrons. The molecule has 1 aliphatic rings. The third-order valence-corrected chi connectivity index (χ3v) is 9.91. The van der Waals surface area contributed by atoms with Gasteiger partial charge in [-0.05, 0) is 57.5 Å². The highest BCUT2D eigenvalue weighted by molar-refractivity contribution is 7.89. The smallest absolute Gasteiger partial charge is 0.264 e. The first-order chi connectivity index (χ1) is 16.5.